The van der Waals surface area contributed by atoms with Gasteiger partial charge in [0.2, 0.25) is 5.91 Å². The molecule has 0 fully saturated rings. The third-order valence-electron chi connectivity index (χ3n) is 5.60. The highest BCUT2D eigenvalue weighted by Crippen LogP contribution is 2.28. The summed E-state index contributed by atoms with van der Waals surface area (Å²) in [6.45, 7) is 0.944. The molecule has 0 atom stereocenters. The second-order valence-corrected chi connectivity index (χ2v) is 7.72. The number of rotatable bonds is 7. The smallest absolute Gasteiger partial charge is 0.224 e. The van der Waals surface area contributed by atoms with E-state index in [1.165, 1.54) is 6.42 Å². The molecule has 2 aromatic carbocycles. The van der Waals surface area contributed by atoms with Gasteiger partial charge in [-0.25, -0.2) is 0 Å². The lowest BCUT2D eigenvalue weighted by atomic mass is 10.1. The Bertz CT molecular complexity index is 1060. The van der Waals surface area contributed by atoms with Gasteiger partial charge in [0.25, 0.3) is 0 Å². The van der Waals surface area contributed by atoms with E-state index in [0.29, 0.717) is 24.3 Å². The van der Waals surface area contributed by atoms with E-state index >= 15 is 0 Å². The van der Waals surface area contributed by atoms with E-state index in [9.17, 15) is 4.79 Å². The van der Waals surface area contributed by atoms with Gasteiger partial charge in [0.15, 0.2) is 17.3 Å². The van der Waals surface area contributed by atoms with Crippen LogP contribution in [0.4, 0.5) is 5.69 Å². The van der Waals surface area contributed by atoms with Crippen LogP contribution in [0.5, 0.6) is 11.5 Å². The van der Waals surface area contributed by atoms with Gasteiger partial charge in [-0.15, -0.1) is 10.2 Å². The zero-order chi connectivity index (χ0) is 21.6. The number of ether oxygens (including phenoxy) is 2. The Labute approximate surface area is 182 Å². The van der Waals surface area contributed by atoms with Crippen molar-refractivity contribution in [2.24, 2.45) is 0 Å². The lowest BCUT2D eigenvalue weighted by molar-refractivity contribution is -0.116. The number of methoxy groups -OCH3 is 2. The van der Waals surface area contributed by atoms with Gasteiger partial charge >= 0.3 is 0 Å². The number of benzene rings is 2. The van der Waals surface area contributed by atoms with Crippen molar-refractivity contribution < 1.29 is 14.3 Å². The Morgan fingerprint density at radius 3 is 2.74 bits per heavy atom. The first-order chi connectivity index (χ1) is 15.2. The molecule has 1 aliphatic rings. The summed E-state index contributed by atoms with van der Waals surface area (Å²) in [4.78, 5) is 12.5. The monoisotopic (exact) mass is 420 g/mol. The normalized spacial score (nSPS) is 13.2. The minimum absolute atomic E-state index is 0.0352. The fourth-order valence-corrected chi connectivity index (χ4v) is 3.95. The summed E-state index contributed by atoms with van der Waals surface area (Å²) in [7, 11) is 3.21. The van der Waals surface area contributed by atoms with Crippen molar-refractivity contribution in [3.8, 4) is 22.9 Å². The summed E-state index contributed by atoms with van der Waals surface area (Å²) >= 11 is 0. The Morgan fingerprint density at radius 2 is 1.90 bits per heavy atom. The van der Waals surface area contributed by atoms with Gasteiger partial charge in [0.1, 0.15) is 5.82 Å². The Balaban J connectivity index is 1.41. The average Bonchev–Trinajstić information content (AvgIpc) is 3.05. The van der Waals surface area contributed by atoms with E-state index in [0.717, 1.165) is 54.3 Å². The number of hydrogen-bond donors (Lipinski definition) is 1. The maximum absolute atomic E-state index is 12.5. The van der Waals surface area contributed by atoms with Crippen LogP contribution in [0, 0.1) is 0 Å². The third-order valence-corrected chi connectivity index (χ3v) is 5.60. The van der Waals surface area contributed by atoms with Gasteiger partial charge in [-0.2, -0.15) is 0 Å². The number of aryl methyl sites for hydroxylation is 2. The lowest BCUT2D eigenvalue weighted by Crippen LogP contribution is -2.12. The number of anilines is 1. The minimum Gasteiger partial charge on any atom is -0.493 e. The first-order valence-corrected chi connectivity index (χ1v) is 10.7. The van der Waals surface area contributed by atoms with E-state index in [4.69, 9.17) is 9.47 Å². The summed E-state index contributed by atoms with van der Waals surface area (Å²) < 4.78 is 12.8. The fourth-order valence-electron chi connectivity index (χ4n) is 3.95. The molecular weight excluding hydrogens is 392 g/mol. The first-order valence-electron chi connectivity index (χ1n) is 10.7. The molecule has 0 aliphatic carbocycles. The van der Waals surface area contributed by atoms with Gasteiger partial charge < -0.3 is 19.4 Å². The summed E-state index contributed by atoms with van der Waals surface area (Å²) in [5, 5.41) is 11.8. The Hall–Kier alpha value is -3.35. The molecule has 0 saturated heterocycles. The molecule has 7 nitrogen and oxygen atoms in total. The number of hydrogen-bond acceptors (Lipinski definition) is 5. The van der Waals surface area contributed by atoms with E-state index in [1.54, 1.807) is 14.2 Å². The Kier molecular flexibility index (Phi) is 6.50. The largest absolute Gasteiger partial charge is 0.493 e. The van der Waals surface area contributed by atoms with Crippen molar-refractivity contribution in [2.75, 3.05) is 19.5 Å². The summed E-state index contributed by atoms with van der Waals surface area (Å²) in [6.07, 6.45) is 5.49. The van der Waals surface area contributed by atoms with Crippen LogP contribution in [0.1, 0.15) is 37.1 Å². The zero-order valence-corrected chi connectivity index (χ0v) is 18.1. The molecule has 1 N–H and O–H groups in total. The molecule has 0 saturated carbocycles. The van der Waals surface area contributed by atoms with Gasteiger partial charge in [-0.3, -0.25) is 4.79 Å². The highest BCUT2D eigenvalue weighted by molar-refractivity contribution is 5.91. The van der Waals surface area contributed by atoms with Gasteiger partial charge in [0, 0.05) is 30.6 Å². The molecule has 7 heteroatoms. The second-order valence-electron chi connectivity index (χ2n) is 7.72. The van der Waals surface area contributed by atoms with Crippen molar-refractivity contribution in [3.05, 3.63) is 53.9 Å². The lowest BCUT2D eigenvalue weighted by Gasteiger charge is -2.11. The molecule has 31 heavy (non-hydrogen) atoms. The van der Waals surface area contributed by atoms with Crippen LogP contribution in [0.3, 0.4) is 0 Å². The highest BCUT2D eigenvalue weighted by Gasteiger charge is 2.16. The summed E-state index contributed by atoms with van der Waals surface area (Å²) in [6, 6.07) is 13.5. The van der Waals surface area contributed by atoms with Crippen molar-refractivity contribution in [1.82, 2.24) is 14.8 Å². The molecule has 0 spiro atoms. The molecule has 0 radical (unpaired) electrons. The van der Waals surface area contributed by atoms with Crippen LogP contribution >= 0.6 is 0 Å². The number of nitrogens with zero attached hydrogens (tertiary/aromatic N) is 3. The molecule has 1 aromatic heterocycles. The quantitative estimate of drug-likeness (QED) is 0.618. The van der Waals surface area contributed by atoms with Gasteiger partial charge in [0.05, 0.1) is 14.2 Å². The van der Waals surface area contributed by atoms with Crippen molar-refractivity contribution in [2.45, 2.75) is 45.1 Å². The van der Waals surface area contributed by atoms with E-state index in [-0.39, 0.29) is 5.91 Å². The number of carbonyl (C=O) groups is 1. The summed E-state index contributed by atoms with van der Waals surface area (Å²) in [5.74, 6) is 3.24. The number of fused-ring (bicyclic) bond motifs is 1. The standard InChI is InChI=1S/C24H28N4O3/c1-30-20-12-10-17(15-21(20)31-2)11-13-23(29)25-19-8-6-7-18(16-19)24-27-26-22-9-4-3-5-14-28(22)24/h6-8,10,12,15-16H,3-5,9,11,13-14H2,1-2H3,(H,25,29). The second kappa shape index (κ2) is 9.64. The van der Waals surface area contributed by atoms with Crippen LogP contribution in [0.2, 0.25) is 0 Å². The van der Waals surface area contributed by atoms with Gasteiger partial charge in [-0.1, -0.05) is 24.6 Å². The molecule has 162 valence electrons. The van der Waals surface area contributed by atoms with Crippen LogP contribution in [-0.2, 0) is 24.2 Å². The number of amides is 1. The molecule has 2 heterocycles. The van der Waals surface area contributed by atoms with Gasteiger partial charge in [-0.05, 0) is 49.1 Å². The average molecular weight is 421 g/mol. The SMILES string of the molecule is COc1ccc(CCC(=O)Nc2cccc(-c3nnc4n3CCCCC4)c2)cc1OC. The third kappa shape index (κ3) is 4.87. The zero-order valence-electron chi connectivity index (χ0n) is 18.1. The van der Waals surface area contributed by atoms with Crippen molar-refractivity contribution in [1.29, 1.82) is 0 Å². The molecular formula is C24H28N4O3. The highest BCUT2D eigenvalue weighted by atomic mass is 16.5. The first kappa shape index (κ1) is 20.9. The van der Waals surface area contributed by atoms with Crippen molar-refractivity contribution in [3.63, 3.8) is 0 Å². The maximum Gasteiger partial charge on any atom is 0.224 e. The molecule has 1 aliphatic heterocycles. The summed E-state index contributed by atoms with van der Waals surface area (Å²) in [5.41, 5.74) is 2.76. The van der Waals surface area contributed by atoms with E-state index < -0.39 is 0 Å². The van der Waals surface area contributed by atoms with E-state index in [1.807, 2.05) is 42.5 Å². The number of aromatic nitrogens is 3. The van der Waals surface area contributed by atoms with E-state index in [2.05, 4.69) is 20.1 Å². The number of carbonyl (C=O) groups excluding carboxylic acids is 1. The predicted molar refractivity (Wildman–Crippen MR) is 120 cm³/mol. The predicted octanol–water partition coefficient (Wildman–Crippen LogP) is 4.26. The van der Waals surface area contributed by atoms with Crippen LogP contribution in [-0.4, -0.2) is 34.9 Å². The van der Waals surface area contributed by atoms with Crippen LogP contribution in [0.25, 0.3) is 11.4 Å². The van der Waals surface area contributed by atoms with Crippen LogP contribution < -0.4 is 14.8 Å². The van der Waals surface area contributed by atoms with Crippen LogP contribution in [0.15, 0.2) is 42.5 Å². The molecule has 3 aromatic rings. The molecule has 4 rings (SSSR count). The topological polar surface area (TPSA) is 78.3 Å². The maximum atomic E-state index is 12.5. The molecule has 1 amide bonds. The minimum atomic E-state index is -0.0352. The molecule has 0 bridgehead atoms. The van der Waals surface area contributed by atoms with Crippen molar-refractivity contribution >= 4 is 11.6 Å². The fraction of sp³-hybridized carbons (Fsp3) is 0.375. The number of nitrogens with one attached hydrogen (secondary N) is 1. The Morgan fingerprint density at radius 1 is 1.03 bits per heavy atom. The molecule has 0 unspecified atom stereocenters.